The zero-order chi connectivity index (χ0) is 16.9. The van der Waals surface area contributed by atoms with Gasteiger partial charge in [-0.2, -0.15) is 0 Å². The lowest BCUT2D eigenvalue weighted by molar-refractivity contribution is -0.134. The maximum absolute atomic E-state index is 11.3. The van der Waals surface area contributed by atoms with Gasteiger partial charge in [0.2, 0.25) is 0 Å². The Hall–Kier alpha value is -2.95. The Kier molecular flexibility index (Phi) is 4.70. The lowest BCUT2D eigenvalue weighted by Crippen LogP contribution is -2.32. The summed E-state index contributed by atoms with van der Waals surface area (Å²) in [6, 6.07) is 13.9. The molecule has 5 nitrogen and oxygen atoms in total. The summed E-state index contributed by atoms with van der Waals surface area (Å²) < 4.78 is 16.0. The van der Waals surface area contributed by atoms with Crippen molar-refractivity contribution < 1.29 is 19.0 Å². The van der Waals surface area contributed by atoms with Gasteiger partial charge in [-0.3, -0.25) is 0 Å². The number of para-hydroxylation sites is 1. The van der Waals surface area contributed by atoms with Crippen molar-refractivity contribution in [1.82, 2.24) is 0 Å². The van der Waals surface area contributed by atoms with Gasteiger partial charge in [0.05, 0.1) is 20.8 Å². The van der Waals surface area contributed by atoms with Gasteiger partial charge in [0, 0.05) is 17.3 Å². The number of rotatable bonds is 4. The van der Waals surface area contributed by atoms with Gasteiger partial charge in [0.15, 0.2) is 18.2 Å². The minimum absolute atomic E-state index is 0.395. The number of hydrogen-bond donors (Lipinski definition) is 0. The smallest absolute Gasteiger partial charge is 0.330 e. The van der Waals surface area contributed by atoms with Crippen LogP contribution in [-0.2, 0) is 16.1 Å². The number of nitrogens with zero attached hydrogens (tertiary/aromatic N) is 1. The molecule has 1 aliphatic rings. The van der Waals surface area contributed by atoms with E-state index in [1.54, 1.807) is 13.2 Å². The number of ether oxygens (including phenoxy) is 3. The Balaban J connectivity index is 1.91. The average Bonchev–Trinajstić information content (AvgIpc) is 2.65. The third-order valence-electron chi connectivity index (χ3n) is 3.83. The van der Waals surface area contributed by atoms with E-state index in [4.69, 9.17) is 9.47 Å². The summed E-state index contributed by atoms with van der Waals surface area (Å²) >= 11 is 0. The minimum Gasteiger partial charge on any atom is -0.493 e. The molecule has 5 heteroatoms. The summed E-state index contributed by atoms with van der Waals surface area (Å²) in [6.07, 6.45) is 3.09. The van der Waals surface area contributed by atoms with Crippen LogP contribution < -0.4 is 14.4 Å². The van der Waals surface area contributed by atoms with E-state index in [0.717, 1.165) is 22.6 Å². The van der Waals surface area contributed by atoms with E-state index in [1.807, 2.05) is 42.5 Å². The van der Waals surface area contributed by atoms with E-state index in [-0.39, 0.29) is 0 Å². The van der Waals surface area contributed by atoms with Gasteiger partial charge < -0.3 is 19.1 Å². The number of anilines is 1. The SMILES string of the molecule is COC(=O)/C=C/c1cc2c(c(OC)c1)OCN(c1ccccc1)C2. The number of carbonyl (C=O) groups excluding carboxylic acids is 1. The van der Waals surface area contributed by atoms with Crippen LogP contribution in [0.15, 0.2) is 48.5 Å². The Labute approximate surface area is 141 Å². The predicted molar refractivity (Wildman–Crippen MR) is 92.2 cm³/mol. The minimum atomic E-state index is -0.395. The first-order valence-electron chi connectivity index (χ1n) is 7.61. The monoisotopic (exact) mass is 325 g/mol. The lowest BCUT2D eigenvalue weighted by Gasteiger charge is -2.31. The van der Waals surface area contributed by atoms with Crippen molar-refractivity contribution in [2.75, 3.05) is 25.9 Å². The van der Waals surface area contributed by atoms with E-state index in [9.17, 15) is 4.79 Å². The number of esters is 1. The average molecular weight is 325 g/mol. The third-order valence-corrected chi connectivity index (χ3v) is 3.83. The van der Waals surface area contributed by atoms with Crippen LogP contribution in [0.1, 0.15) is 11.1 Å². The molecule has 2 aromatic carbocycles. The maximum atomic E-state index is 11.3. The van der Waals surface area contributed by atoms with Crippen LogP contribution >= 0.6 is 0 Å². The summed E-state index contributed by atoms with van der Waals surface area (Å²) in [5.74, 6) is 1.01. The van der Waals surface area contributed by atoms with Crippen LogP contribution in [0.2, 0.25) is 0 Å². The maximum Gasteiger partial charge on any atom is 0.330 e. The van der Waals surface area contributed by atoms with Crippen molar-refractivity contribution in [2.45, 2.75) is 6.54 Å². The van der Waals surface area contributed by atoms with Crippen LogP contribution in [0.25, 0.3) is 6.08 Å². The van der Waals surface area contributed by atoms with Crippen LogP contribution in [0, 0.1) is 0 Å². The van der Waals surface area contributed by atoms with Crippen molar-refractivity contribution in [1.29, 1.82) is 0 Å². The molecule has 24 heavy (non-hydrogen) atoms. The van der Waals surface area contributed by atoms with Crippen molar-refractivity contribution in [3.63, 3.8) is 0 Å². The zero-order valence-corrected chi connectivity index (χ0v) is 13.7. The summed E-state index contributed by atoms with van der Waals surface area (Å²) in [5, 5.41) is 0. The van der Waals surface area contributed by atoms with E-state index in [2.05, 4.69) is 9.64 Å². The Bertz CT molecular complexity index is 755. The molecule has 2 aromatic rings. The van der Waals surface area contributed by atoms with E-state index < -0.39 is 5.97 Å². The second-order valence-corrected chi connectivity index (χ2v) is 5.37. The van der Waals surface area contributed by atoms with Gasteiger partial charge in [0.1, 0.15) is 0 Å². The van der Waals surface area contributed by atoms with Crippen LogP contribution in [-0.4, -0.2) is 26.9 Å². The van der Waals surface area contributed by atoms with Gasteiger partial charge >= 0.3 is 5.97 Å². The van der Waals surface area contributed by atoms with Crippen LogP contribution in [0.4, 0.5) is 5.69 Å². The standard InChI is InChI=1S/C19H19NO4/c1-22-17-11-14(8-9-18(21)23-2)10-15-12-20(13-24-19(15)17)16-6-4-3-5-7-16/h3-11H,12-13H2,1-2H3/b9-8+. The van der Waals surface area contributed by atoms with Gasteiger partial charge in [-0.25, -0.2) is 4.79 Å². The molecular weight excluding hydrogens is 306 g/mol. The molecule has 1 heterocycles. The van der Waals surface area contributed by atoms with Gasteiger partial charge in [0.25, 0.3) is 0 Å². The fourth-order valence-corrected chi connectivity index (χ4v) is 2.64. The molecule has 0 atom stereocenters. The molecule has 0 saturated heterocycles. The molecule has 0 aliphatic carbocycles. The first-order valence-corrected chi connectivity index (χ1v) is 7.61. The first kappa shape index (κ1) is 15.9. The number of carbonyl (C=O) groups is 1. The van der Waals surface area contributed by atoms with E-state index in [1.165, 1.54) is 13.2 Å². The fraction of sp³-hybridized carbons (Fsp3) is 0.211. The highest BCUT2D eigenvalue weighted by molar-refractivity contribution is 5.87. The predicted octanol–water partition coefficient (Wildman–Crippen LogP) is 3.24. The number of hydrogen-bond acceptors (Lipinski definition) is 5. The first-order chi connectivity index (χ1) is 11.7. The van der Waals surface area contributed by atoms with Gasteiger partial charge in [-0.1, -0.05) is 18.2 Å². The summed E-state index contributed by atoms with van der Waals surface area (Å²) in [6.45, 7) is 1.17. The highest BCUT2D eigenvalue weighted by atomic mass is 16.5. The molecule has 3 rings (SSSR count). The Morgan fingerprint density at radius 3 is 2.71 bits per heavy atom. The normalized spacial score (nSPS) is 13.3. The highest BCUT2D eigenvalue weighted by Gasteiger charge is 2.21. The number of benzene rings is 2. The molecule has 0 bridgehead atoms. The molecule has 0 saturated carbocycles. The summed E-state index contributed by atoms with van der Waals surface area (Å²) in [5.41, 5.74) is 2.96. The van der Waals surface area contributed by atoms with Gasteiger partial charge in [-0.15, -0.1) is 0 Å². The molecule has 0 N–H and O–H groups in total. The third kappa shape index (κ3) is 3.35. The second-order valence-electron chi connectivity index (χ2n) is 5.37. The fourth-order valence-electron chi connectivity index (χ4n) is 2.64. The lowest BCUT2D eigenvalue weighted by atomic mass is 10.1. The number of methoxy groups -OCH3 is 2. The molecule has 124 valence electrons. The molecule has 0 radical (unpaired) electrons. The quantitative estimate of drug-likeness (QED) is 0.638. The highest BCUT2D eigenvalue weighted by Crippen LogP contribution is 2.37. The topological polar surface area (TPSA) is 48.0 Å². The molecule has 1 aliphatic heterocycles. The molecule has 0 spiro atoms. The largest absolute Gasteiger partial charge is 0.493 e. The summed E-state index contributed by atoms with van der Waals surface area (Å²) in [4.78, 5) is 13.4. The van der Waals surface area contributed by atoms with E-state index >= 15 is 0 Å². The molecule has 0 amide bonds. The van der Waals surface area contributed by atoms with Crippen molar-refractivity contribution in [2.24, 2.45) is 0 Å². The molecule has 0 unspecified atom stereocenters. The van der Waals surface area contributed by atoms with E-state index in [0.29, 0.717) is 19.0 Å². The molecule has 0 fully saturated rings. The Morgan fingerprint density at radius 1 is 1.21 bits per heavy atom. The van der Waals surface area contributed by atoms with Crippen molar-refractivity contribution in [3.05, 3.63) is 59.7 Å². The van der Waals surface area contributed by atoms with Crippen LogP contribution in [0.3, 0.4) is 0 Å². The number of fused-ring (bicyclic) bond motifs is 1. The van der Waals surface area contributed by atoms with Crippen molar-refractivity contribution in [3.8, 4) is 11.5 Å². The van der Waals surface area contributed by atoms with Crippen LogP contribution in [0.5, 0.6) is 11.5 Å². The molecule has 0 aromatic heterocycles. The van der Waals surface area contributed by atoms with Crippen molar-refractivity contribution >= 4 is 17.7 Å². The summed E-state index contributed by atoms with van der Waals surface area (Å²) in [7, 11) is 2.96. The zero-order valence-electron chi connectivity index (χ0n) is 13.7. The van der Waals surface area contributed by atoms with Gasteiger partial charge in [-0.05, 0) is 35.9 Å². The Morgan fingerprint density at radius 2 is 2.00 bits per heavy atom. The second kappa shape index (κ2) is 7.08. The molecular formula is C19H19NO4.